The third kappa shape index (κ3) is 3.08. The molecule has 1 heterocycles. The van der Waals surface area contributed by atoms with E-state index in [2.05, 4.69) is 0 Å². The number of carbonyl (C=O) groups excluding carboxylic acids is 1. The lowest BCUT2D eigenvalue weighted by Gasteiger charge is -1.99. The van der Waals surface area contributed by atoms with Crippen molar-refractivity contribution >= 4 is 5.97 Å². The molecule has 1 aliphatic rings. The molecule has 0 N–H and O–H groups in total. The number of rotatable bonds is 0. The lowest BCUT2D eigenvalue weighted by Crippen LogP contribution is -1.93. The highest BCUT2D eigenvalue weighted by atomic mass is 16.5. The van der Waals surface area contributed by atoms with E-state index in [1.54, 1.807) is 6.07 Å². The summed E-state index contributed by atoms with van der Waals surface area (Å²) in [5.74, 6) is -0.201. The number of fused-ring (bicyclic) bond motifs is 1. The van der Waals surface area contributed by atoms with Crippen LogP contribution in [0.3, 0.4) is 0 Å². The maximum atomic E-state index is 11.1. The number of carbonyl (C=O) groups is 1. The van der Waals surface area contributed by atoms with Gasteiger partial charge in [0.25, 0.3) is 0 Å². The van der Waals surface area contributed by atoms with Crippen LogP contribution in [-0.2, 0) is 4.74 Å². The first kappa shape index (κ1) is 13.7. The topological polar surface area (TPSA) is 26.3 Å². The van der Waals surface area contributed by atoms with E-state index in [-0.39, 0.29) is 12.1 Å². The fourth-order valence-electron chi connectivity index (χ4n) is 1.32. The molecule has 0 radical (unpaired) electrons. The van der Waals surface area contributed by atoms with Crippen molar-refractivity contribution in [1.82, 2.24) is 0 Å². The van der Waals surface area contributed by atoms with Gasteiger partial charge in [0.1, 0.15) is 6.10 Å². The molecule has 1 unspecified atom stereocenters. The minimum atomic E-state index is -0.201. The van der Waals surface area contributed by atoms with E-state index in [0.717, 1.165) is 5.56 Å². The van der Waals surface area contributed by atoms with Gasteiger partial charge in [0.15, 0.2) is 0 Å². The fraction of sp³-hybridized carbons (Fsp3) is 0.462. The molecule has 1 atom stereocenters. The molecule has 1 aliphatic heterocycles. The van der Waals surface area contributed by atoms with Gasteiger partial charge in [-0.1, -0.05) is 45.9 Å². The van der Waals surface area contributed by atoms with Gasteiger partial charge in [-0.3, -0.25) is 0 Å². The molecule has 2 rings (SSSR count). The first-order chi connectivity index (χ1) is 7.29. The Kier molecular flexibility index (Phi) is 6.43. The van der Waals surface area contributed by atoms with Crippen LogP contribution in [0.2, 0.25) is 0 Å². The number of benzene rings is 1. The van der Waals surface area contributed by atoms with E-state index in [9.17, 15) is 4.79 Å². The molecule has 84 valence electrons. The highest BCUT2D eigenvalue weighted by Gasteiger charge is 2.26. The zero-order chi connectivity index (χ0) is 11.8. The smallest absolute Gasteiger partial charge is 0.339 e. The SMILES string of the molecule is CC.CC.CC1OC(=O)c2ccccc21. The Bertz CT molecular complexity index is 305. The summed E-state index contributed by atoms with van der Waals surface area (Å²) >= 11 is 0. The van der Waals surface area contributed by atoms with Crippen LogP contribution in [0.1, 0.15) is 56.6 Å². The van der Waals surface area contributed by atoms with Crippen molar-refractivity contribution in [2.45, 2.75) is 40.7 Å². The van der Waals surface area contributed by atoms with Crippen molar-refractivity contribution in [3.8, 4) is 0 Å². The molecule has 0 spiro atoms. The van der Waals surface area contributed by atoms with E-state index in [4.69, 9.17) is 4.74 Å². The zero-order valence-electron chi connectivity index (χ0n) is 10.2. The summed E-state index contributed by atoms with van der Waals surface area (Å²) in [6, 6.07) is 7.47. The number of cyclic esters (lactones) is 1. The van der Waals surface area contributed by atoms with Gasteiger partial charge in [0.2, 0.25) is 0 Å². The van der Waals surface area contributed by atoms with Gasteiger partial charge in [-0.15, -0.1) is 0 Å². The Hall–Kier alpha value is -1.31. The molecule has 2 nitrogen and oxygen atoms in total. The Morgan fingerprint density at radius 1 is 1.07 bits per heavy atom. The Balaban J connectivity index is 0.000000442. The van der Waals surface area contributed by atoms with Gasteiger partial charge in [-0.05, 0) is 13.0 Å². The van der Waals surface area contributed by atoms with E-state index in [1.807, 2.05) is 52.8 Å². The maximum Gasteiger partial charge on any atom is 0.339 e. The Labute approximate surface area is 92.3 Å². The highest BCUT2D eigenvalue weighted by Crippen LogP contribution is 2.29. The maximum absolute atomic E-state index is 11.1. The lowest BCUT2D eigenvalue weighted by molar-refractivity contribution is 0.0422. The second-order valence-electron chi connectivity index (χ2n) is 2.63. The fourth-order valence-corrected chi connectivity index (χ4v) is 1.32. The number of esters is 1. The van der Waals surface area contributed by atoms with Crippen molar-refractivity contribution in [3.05, 3.63) is 35.4 Å². The van der Waals surface area contributed by atoms with Gasteiger partial charge >= 0.3 is 5.97 Å². The molecular formula is C13H20O2. The van der Waals surface area contributed by atoms with Crippen molar-refractivity contribution < 1.29 is 9.53 Å². The van der Waals surface area contributed by atoms with Crippen LogP contribution in [0.15, 0.2) is 24.3 Å². The average molecular weight is 208 g/mol. The summed E-state index contributed by atoms with van der Waals surface area (Å²) in [5.41, 5.74) is 1.71. The van der Waals surface area contributed by atoms with Crippen LogP contribution in [0, 0.1) is 0 Å². The minimum Gasteiger partial charge on any atom is -0.454 e. The van der Waals surface area contributed by atoms with E-state index in [0.29, 0.717) is 5.56 Å². The van der Waals surface area contributed by atoms with E-state index < -0.39 is 0 Å². The highest BCUT2D eigenvalue weighted by molar-refractivity contribution is 5.93. The molecule has 1 aromatic carbocycles. The van der Waals surface area contributed by atoms with Crippen LogP contribution in [0.25, 0.3) is 0 Å². The number of hydrogen-bond acceptors (Lipinski definition) is 2. The molecule has 0 aliphatic carbocycles. The number of hydrogen-bond donors (Lipinski definition) is 0. The van der Waals surface area contributed by atoms with Crippen molar-refractivity contribution in [2.75, 3.05) is 0 Å². The molecule has 0 fully saturated rings. The van der Waals surface area contributed by atoms with Crippen molar-refractivity contribution in [3.63, 3.8) is 0 Å². The quantitative estimate of drug-likeness (QED) is 0.603. The third-order valence-electron chi connectivity index (χ3n) is 1.90. The lowest BCUT2D eigenvalue weighted by atomic mass is 10.1. The first-order valence-electron chi connectivity index (χ1n) is 5.59. The van der Waals surface area contributed by atoms with Gasteiger partial charge in [-0.2, -0.15) is 0 Å². The molecule has 15 heavy (non-hydrogen) atoms. The second kappa shape index (κ2) is 7.04. The molecule has 1 aromatic rings. The van der Waals surface area contributed by atoms with Gasteiger partial charge in [0, 0.05) is 5.56 Å². The largest absolute Gasteiger partial charge is 0.454 e. The minimum absolute atomic E-state index is 0.0706. The molecule has 0 saturated carbocycles. The van der Waals surface area contributed by atoms with Crippen molar-refractivity contribution in [1.29, 1.82) is 0 Å². The average Bonchev–Trinajstić information content (AvgIpc) is 2.61. The predicted octanol–water partition coefficient (Wildman–Crippen LogP) is 3.97. The molecule has 0 bridgehead atoms. The van der Waals surface area contributed by atoms with Crippen LogP contribution in [0.5, 0.6) is 0 Å². The van der Waals surface area contributed by atoms with Crippen LogP contribution in [-0.4, -0.2) is 5.97 Å². The van der Waals surface area contributed by atoms with Gasteiger partial charge in [0.05, 0.1) is 5.56 Å². The van der Waals surface area contributed by atoms with Crippen LogP contribution < -0.4 is 0 Å². The standard InChI is InChI=1S/C9H8O2.2C2H6/c1-6-7-4-2-3-5-8(7)9(10)11-6;2*1-2/h2-6H,1H3;2*1-2H3. The summed E-state index contributed by atoms with van der Waals surface area (Å²) in [6.45, 7) is 9.88. The van der Waals surface area contributed by atoms with Crippen LogP contribution in [0.4, 0.5) is 0 Å². The molecule has 0 amide bonds. The summed E-state index contributed by atoms with van der Waals surface area (Å²) in [6.07, 6.45) is -0.0706. The predicted molar refractivity (Wildman–Crippen MR) is 63.0 cm³/mol. The summed E-state index contributed by atoms with van der Waals surface area (Å²) in [5, 5.41) is 0. The Morgan fingerprint density at radius 3 is 2.13 bits per heavy atom. The van der Waals surface area contributed by atoms with Gasteiger partial charge in [-0.25, -0.2) is 4.79 Å². The van der Waals surface area contributed by atoms with E-state index in [1.165, 1.54) is 0 Å². The second-order valence-corrected chi connectivity index (χ2v) is 2.63. The zero-order valence-corrected chi connectivity index (χ0v) is 10.2. The number of ether oxygens (including phenoxy) is 1. The molecule has 2 heteroatoms. The van der Waals surface area contributed by atoms with Crippen molar-refractivity contribution in [2.24, 2.45) is 0 Å². The third-order valence-corrected chi connectivity index (χ3v) is 1.90. The molecule has 0 saturated heterocycles. The van der Waals surface area contributed by atoms with Gasteiger partial charge < -0.3 is 4.74 Å². The first-order valence-corrected chi connectivity index (χ1v) is 5.59. The summed E-state index contributed by atoms with van der Waals surface area (Å²) in [7, 11) is 0. The molecule has 0 aromatic heterocycles. The normalized spacial score (nSPS) is 16.3. The summed E-state index contributed by atoms with van der Waals surface area (Å²) in [4.78, 5) is 11.1. The van der Waals surface area contributed by atoms with Crippen LogP contribution >= 0.6 is 0 Å². The monoisotopic (exact) mass is 208 g/mol. The Morgan fingerprint density at radius 2 is 1.60 bits per heavy atom. The van der Waals surface area contributed by atoms with E-state index >= 15 is 0 Å². The summed E-state index contributed by atoms with van der Waals surface area (Å²) < 4.78 is 4.99. The molecular weight excluding hydrogens is 188 g/mol.